The van der Waals surface area contributed by atoms with E-state index in [2.05, 4.69) is 6.58 Å². The van der Waals surface area contributed by atoms with Crippen LogP contribution in [-0.4, -0.2) is 17.0 Å². The predicted octanol–water partition coefficient (Wildman–Crippen LogP) is 1.81. The molecular formula is C7H9ClO2. The third kappa shape index (κ3) is 4.15. The second-order valence-corrected chi connectivity index (χ2v) is 2.09. The number of carboxylic acids is 1. The van der Waals surface area contributed by atoms with Crippen LogP contribution in [0, 0.1) is 0 Å². The summed E-state index contributed by atoms with van der Waals surface area (Å²) in [5.41, 5.74) is 0.0881. The lowest BCUT2D eigenvalue weighted by Gasteiger charge is -1.87. The summed E-state index contributed by atoms with van der Waals surface area (Å²) in [5, 5.41) is 8.30. The second-order valence-electron chi connectivity index (χ2n) is 1.71. The summed E-state index contributed by atoms with van der Waals surface area (Å²) in [6, 6.07) is 0. The van der Waals surface area contributed by atoms with Gasteiger partial charge in [-0.15, -0.1) is 11.6 Å². The number of halogens is 1. The van der Waals surface area contributed by atoms with Crippen molar-refractivity contribution in [3.05, 3.63) is 24.3 Å². The Kier molecular flexibility index (Phi) is 4.67. The van der Waals surface area contributed by atoms with Crippen molar-refractivity contribution < 1.29 is 9.90 Å². The molecule has 1 N–H and O–H groups in total. The summed E-state index contributed by atoms with van der Waals surface area (Å²) >= 11 is 5.34. The molecule has 0 radical (unpaired) electrons. The van der Waals surface area contributed by atoms with Crippen molar-refractivity contribution in [1.29, 1.82) is 0 Å². The van der Waals surface area contributed by atoms with Crippen molar-refractivity contribution in [2.45, 2.75) is 6.42 Å². The van der Waals surface area contributed by atoms with E-state index in [9.17, 15) is 4.79 Å². The van der Waals surface area contributed by atoms with Crippen LogP contribution < -0.4 is 0 Å². The van der Waals surface area contributed by atoms with Gasteiger partial charge in [-0.2, -0.15) is 0 Å². The van der Waals surface area contributed by atoms with Gasteiger partial charge >= 0.3 is 5.97 Å². The number of hydrogen-bond donors (Lipinski definition) is 1. The Morgan fingerprint density at radius 3 is 2.70 bits per heavy atom. The van der Waals surface area contributed by atoms with Crippen LogP contribution in [0.5, 0.6) is 0 Å². The number of alkyl halides is 1. The SMILES string of the molecule is C=C(C=CCCCl)C(=O)O. The molecule has 0 aromatic rings. The second kappa shape index (κ2) is 5.06. The van der Waals surface area contributed by atoms with Crippen LogP contribution in [0.3, 0.4) is 0 Å². The molecule has 3 heteroatoms. The van der Waals surface area contributed by atoms with Crippen LogP contribution >= 0.6 is 11.6 Å². The van der Waals surface area contributed by atoms with Crippen LogP contribution in [0.1, 0.15) is 6.42 Å². The Labute approximate surface area is 64.8 Å². The van der Waals surface area contributed by atoms with Crippen LogP contribution in [0.15, 0.2) is 24.3 Å². The van der Waals surface area contributed by atoms with Crippen LogP contribution in [0.2, 0.25) is 0 Å². The van der Waals surface area contributed by atoms with Crippen LogP contribution in [0.25, 0.3) is 0 Å². The van der Waals surface area contributed by atoms with Crippen molar-refractivity contribution in [3.63, 3.8) is 0 Å². The molecule has 0 unspecified atom stereocenters. The van der Waals surface area contributed by atoms with E-state index in [1.54, 1.807) is 6.08 Å². The number of allylic oxidation sites excluding steroid dienone is 1. The first-order chi connectivity index (χ1) is 4.68. The van der Waals surface area contributed by atoms with Gasteiger partial charge in [0.15, 0.2) is 0 Å². The molecule has 0 atom stereocenters. The molecule has 0 heterocycles. The van der Waals surface area contributed by atoms with Gasteiger partial charge in [0.2, 0.25) is 0 Å². The summed E-state index contributed by atoms with van der Waals surface area (Å²) in [6.45, 7) is 3.30. The molecule has 0 bridgehead atoms. The summed E-state index contributed by atoms with van der Waals surface area (Å²) in [4.78, 5) is 10.1. The number of carbonyl (C=O) groups is 1. The van der Waals surface area contributed by atoms with E-state index in [1.807, 2.05) is 0 Å². The summed E-state index contributed by atoms with van der Waals surface area (Å²) in [5.74, 6) is -0.491. The van der Waals surface area contributed by atoms with Gasteiger partial charge in [0, 0.05) is 5.88 Å². The molecule has 0 amide bonds. The molecular weight excluding hydrogens is 152 g/mol. The van der Waals surface area contributed by atoms with Crippen molar-refractivity contribution >= 4 is 17.6 Å². The summed E-state index contributed by atoms with van der Waals surface area (Å²) in [6.07, 6.45) is 3.81. The molecule has 2 nitrogen and oxygen atoms in total. The first-order valence-electron chi connectivity index (χ1n) is 2.83. The van der Waals surface area contributed by atoms with Gasteiger partial charge in [0.1, 0.15) is 0 Å². The third-order valence-electron chi connectivity index (χ3n) is 0.870. The Balaban J connectivity index is 3.67. The molecule has 0 aromatic carbocycles. The minimum Gasteiger partial charge on any atom is -0.478 e. The first kappa shape index (κ1) is 9.24. The average molecular weight is 161 g/mol. The van der Waals surface area contributed by atoms with Gasteiger partial charge in [-0.25, -0.2) is 4.79 Å². The summed E-state index contributed by atoms with van der Waals surface area (Å²) in [7, 11) is 0. The smallest absolute Gasteiger partial charge is 0.335 e. The van der Waals surface area contributed by atoms with E-state index >= 15 is 0 Å². The molecule has 0 saturated carbocycles. The molecule has 0 saturated heterocycles. The number of carboxylic acid groups (broad SMARTS) is 1. The standard InChI is InChI=1S/C7H9ClO2/c1-6(7(9)10)4-2-3-5-8/h2,4H,1,3,5H2,(H,9,10). The topological polar surface area (TPSA) is 37.3 Å². The number of rotatable bonds is 4. The predicted molar refractivity (Wildman–Crippen MR) is 41.3 cm³/mol. The van der Waals surface area contributed by atoms with Crippen molar-refractivity contribution in [1.82, 2.24) is 0 Å². The normalized spacial score (nSPS) is 10.1. The first-order valence-corrected chi connectivity index (χ1v) is 3.36. The minimum atomic E-state index is -0.995. The highest BCUT2D eigenvalue weighted by molar-refractivity contribution is 6.17. The Morgan fingerprint density at radius 1 is 1.70 bits per heavy atom. The Hall–Kier alpha value is -0.760. The van der Waals surface area contributed by atoms with Crippen LogP contribution in [-0.2, 0) is 4.79 Å². The molecule has 0 rings (SSSR count). The third-order valence-corrected chi connectivity index (χ3v) is 1.09. The van der Waals surface area contributed by atoms with E-state index in [0.29, 0.717) is 12.3 Å². The maximum Gasteiger partial charge on any atom is 0.335 e. The van der Waals surface area contributed by atoms with Crippen molar-refractivity contribution in [3.8, 4) is 0 Å². The molecule has 0 aliphatic heterocycles. The molecule has 0 fully saturated rings. The fourth-order valence-corrected chi connectivity index (χ4v) is 0.486. The van der Waals surface area contributed by atoms with Gasteiger partial charge < -0.3 is 5.11 Å². The van der Waals surface area contributed by atoms with Crippen molar-refractivity contribution in [2.75, 3.05) is 5.88 Å². The molecule has 0 aliphatic rings. The van der Waals surface area contributed by atoms with Gasteiger partial charge in [0.25, 0.3) is 0 Å². The zero-order valence-electron chi connectivity index (χ0n) is 5.51. The highest BCUT2D eigenvalue weighted by atomic mass is 35.5. The number of aliphatic carboxylic acids is 1. The fourth-order valence-electron chi connectivity index (χ4n) is 0.360. The van der Waals surface area contributed by atoms with Gasteiger partial charge in [-0.05, 0) is 6.42 Å². The fraction of sp³-hybridized carbons (Fsp3) is 0.286. The lowest BCUT2D eigenvalue weighted by Crippen LogP contribution is -1.94. The molecule has 0 spiro atoms. The van der Waals surface area contributed by atoms with Gasteiger partial charge in [-0.3, -0.25) is 0 Å². The zero-order chi connectivity index (χ0) is 7.98. The van der Waals surface area contributed by atoms with E-state index in [0.717, 1.165) is 0 Å². The average Bonchev–Trinajstić information content (AvgIpc) is 1.88. The molecule has 0 aromatic heterocycles. The van der Waals surface area contributed by atoms with Gasteiger partial charge in [-0.1, -0.05) is 18.7 Å². The lowest BCUT2D eigenvalue weighted by atomic mass is 10.2. The van der Waals surface area contributed by atoms with E-state index in [4.69, 9.17) is 16.7 Å². The lowest BCUT2D eigenvalue weighted by molar-refractivity contribution is -0.132. The monoisotopic (exact) mass is 160 g/mol. The zero-order valence-corrected chi connectivity index (χ0v) is 6.27. The van der Waals surface area contributed by atoms with E-state index < -0.39 is 5.97 Å². The highest BCUT2D eigenvalue weighted by Crippen LogP contribution is 1.94. The summed E-state index contributed by atoms with van der Waals surface area (Å²) < 4.78 is 0. The molecule has 10 heavy (non-hydrogen) atoms. The highest BCUT2D eigenvalue weighted by Gasteiger charge is 1.95. The maximum atomic E-state index is 10.1. The van der Waals surface area contributed by atoms with Gasteiger partial charge in [0.05, 0.1) is 5.57 Å². The maximum absolute atomic E-state index is 10.1. The van der Waals surface area contributed by atoms with Crippen LogP contribution in [0.4, 0.5) is 0 Å². The Bertz CT molecular complexity index is 161. The molecule has 0 aliphatic carbocycles. The van der Waals surface area contributed by atoms with Crippen molar-refractivity contribution in [2.24, 2.45) is 0 Å². The number of hydrogen-bond acceptors (Lipinski definition) is 1. The van der Waals surface area contributed by atoms with E-state index in [-0.39, 0.29) is 5.57 Å². The molecule has 56 valence electrons. The largest absolute Gasteiger partial charge is 0.478 e. The quantitative estimate of drug-likeness (QED) is 0.387. The Morgan fingerprint density at radius 2 is 2.30 bits per heavy atom. The minimum absolute atomic E-state index is 0.0881. The van der Waals surface area contributed by atoms with E-state index in [1.165, 1.54) is 6.08 Å².